The molecule has 0 aromatic heterocycles. The van der Waals surface area contributed by atoms with Crippen LogP contribution in [0.15, 0.2) is 36.4 Å². The maximum atomic E-state index is 12.4. The Bertz CT molecular complexity index is 810. The van der Waals surface area contributed by atoms with Crippen molar-refractivity contribution >= 4 is 39.9 Å². The minimum atomic E-state index is -0.517. The summed E-state index contributed by atoms with van der Waals surface area (Å²) < 4.78 is 0.661. The summed E-state index contributed by atoms with van der Waals surface area (Å²) in [7, 11) is 0. The first-order valence-electron chi connectivity index (χ1n) is 6.25. The molecule has 0 bridgehead atoms. The van der Waals surface area contributed by atoms with E-state index in [2.05, 4.69) is 11.2 Å². The number of non-ortho nitro benzene ring substituents is 1. The Kier molecular flexibility index (Phi) is 4.78. The summed E-state index contributed by atoms with van der Waals surface area (Å²) in [5.74, 6) is 2.07. The maximum Gasteiger partial charge on any atom is 0.271 e. The predicted octanol–water partition coefficient (Wildman–Crippen LogP) is 3.74. The summed E-state index contributed by atoms with van der Waals surface area (Å²) >= 11 is 1.97. The van der Waals surface area contributed by atoms with Crippen LogP contribution in [0.5, 0.6) is 0 Å². The molecule has 6 heteroatoms. The fourth-order valence-corrected chi connectivity index (χ4v) is 2.50. The van der Waals surface area contributed by atoms with Crippen LogP contribution < -0.4 is 5.32 Å². The average Bonchev–Trinajstić information content (AvgIpc) is 2.49. The van der Waals surface area contributed by atoms with E-state index in [0.29, 0.717) is 20.4 Å². The van der Waals surface area contributed by atoms with Gasteiger partial charge in [-0.25, -0.2) is 0 Å². The van der Waals surface area contributed by atoms with Crippen LogP contribution in [0, 0.1) is 33.0 Å². The van der Waals surface area contributed by atoms with Gasteiger partial charge in [0.05, 0.1) is 10.5 Å². The highest BCUT2D eigenvalue weighted by Gasteiger charge is 2.18. The van der Waals surface area contributed by atoms with E-state index in [0.717, 1.165) is 0 Å². The number of terminal acetylenes is 1. The Balaban J connectivity index is 2.37. The molecule has 1 N–H and O–H groups in total. The number of hydrogen-bond acceptors (Lipinski definition) is 3. The number of carbonyl (C=O) groups is 1. The van der Waals surface area contributed by atoms with Crippen LogP contribution >= 0.6 is 22.6 Å². The molecule has 5 nitrogen and oxygen atoms in total. The number of halogens is 1. The molecule has 22 heavy (non-hydrogen) atoms. The second kappa shape index (κ2) is 6.58. The molecule has 1 amide bonds. The zero-order valence-electron chi connectivity index (χ0n) is 11.6. The lowest BCUT2D eigenvalue weighted by Crippen LogP contribution is -2.14. The molecule has 0 unspecified atom stereocenters. The van der Waals surface area contributed by atoms with Gasteiger partial charge in [0, 0.05) is 27.0 Å². The number of nitro groups is 1. The van der Waals surface area contributed by atoms with Crippen molar-refractivity contribution in [2.45, 2.75) is 6.92 Å². The fourth-order valence-electron chi connectivity index (χ4n) is 1.89. The van der Waals surface area contributed by atoms with Crippen molar-refractivity contribution in [2.24, 2.45) is 0 Å². The van der Waals surface area contributed by atoms with Crippen molar-refractivity contribution in [3.05, 3.63) is 66.8 Å². The summed E-state index contributed by atoms with van der Waals surface area (Å²) in [6.07, 6.45) is 5.32. The quantitative estimate of drug-likeness (QED) is 0.365. The zero-order valence-corrected chi connectivity index (χ0v) is 13.7. The van der Waals surface area contributed by atoms with Gasteiger partial charge in [0.25, 0.3) is 11.6 Å². The third kappa shape index (κ3) is 3.43. The number of benzene rings is 2. The molecule has 0 radical (unpaired) electrons. The van der Waals surface area contributed by atoms with Crippen LogP contribution in [-0.2, 0) is 0 Å². The van der Waals surface area contributed by atoms with Gasteiger partial charge in [-0.05, 0) is 53.3 Å². The van der Waals surface area contributed by atoms with E-state index >= 15 is 0 Å². The monoisotopic (exact) mass is 406 g/mol. The first-order chi connectivity index (χ1) is 10.4. The number of amides is 1. The second-order valence-electron chi connectivity index (χ2n) is 4.54. The minimum absolute atomic E-state index is 0.113. The molecule has 110 valence electrons. The van der Waals surface area contributed by atoms with Gasteiger partial charge in [-0.2, -0.15) is 0 Å². The van der Waals surface area contributed by atoms with Gasteiger partial charge >= 0.3 is 0 Å². The number of nitro benzene ring substituents is 1. The van der Waals surface area contributed by atoms with E-state index in [1.54, 1.807) is 31.2 Å². The van der Waals surface area contributed by atoms with Gasteiger partial charge in [0.2, 0.25) is 0 Å². The second-order valence-corrected chi connectivity index (χ2v) is 5.70. The van der Waals surface area contributed by atoms with E-state index in [-0.39, 0.29) is 11.3 Å². The molecule has 0 spiro atoms. The summed E-state index contributed by atoms with van der Waals surface area (Å²) in [5.41, 5.74) is 2.03. The highest BCUT2D eigenvalue weighted by molar-refractivity contribution is 14.1. The van der Waals surface area contributed by atoms with E-state index in [1.807, 2.05) is 22.6 Å². The number of carbonyl (C=O) groups excluding carboxylic acids is 1. The number of nitrogens with one attached hydrogen (secondary N) is 1. The predicted molar refractivity (Wildman–Crippen MR) is 92.9 cm³/mol. The highest BCUT2D eigenvalue weighted by atomic mass is 127. The Labute approximate surface area is 141 Å². The molecule has 0 aliphatic carbocycles. The first-order valence-corrected chi connectivity index (χ1v) is 7.33. The summed E-state index contributed by atoms with van der Waals surface area (Å²) in [4.78, 5) is 22.8. The largest absolute Gasteiger partial charge is 0.322 e. The fraction of sp³-hybridized carbons (Fsp3) is 0.0625. The smallest absolute Gasteiger partial charge is 0.271 e. The third-order valence-electron chi connectivity index (χ3n) is 3.07. The highest BCUT2D eigenvalue weighted by Crippen LogP contribution is 2.24. The molecule has 0 atom stereocenters. The molecule has 0 heterocycles. The van der Waals surface area contributed by atoms with E-state index in [4.69, 9.17) is 6.42 Å². The molecule has 0 aliphatic heterocycles. The van der Waals surface area contributed by atoms with Gasteiger partial charge in [-0.3, -0.25) is 14.9 Å². The Morgan fingerprint density at radius 3 is 2.73 bits per heavy atom. The Hall–Kier alpha value is -2.40. The van der Waals surface area contributed by atoms with Gasteiger partial charge in [0.1, 0.15) is 0 Å². The van der Waals surface area contributed by atoms with Gasteiger partial charge in [-0.15, -0.1) is 6.42 Å². The zero-order chi connectivity index (χ0) is 16.3. The van der Waals surface area contributed by atoms with Crippen molar-refractivity contribution in [1.29, 1.82) is 0 Å². The van der Waals surface area contributed by atoms with E-state index in [1.165, 1.54) is 12.1 Å². The molecule has 2 aromatic carbocycles. The van der Waals surface area contributed by atoms with Crippen molar-refractivity contribution < 1.29 is 9.72 Å². The SMILES string of the molecule is C#Cc1cccc(NC(=O)c2cc([N+](=O)[O-])cc(I)c2C)c1. The molecular formula is C16H11IN2O3. The lowest BCUT2D eigenvalue weighted by Gasteiger charge is -2.09. The first kappa shape index (κ1) is 16.0. The third-order valence-corrected chi connectivity index (χ3v) is 4.19. The molecule has 0 saturated heterocycles. The molecule has 0 saturated carbocycles. The number of nitrogens with zero attached hydrogens (tertiary/aromatic N) is 1. The van der Waals surface area contributed by atoms with Crippen LogP contribution in [0.3, 0.4) is 0 Å². The van der Waals surface area contributed by atoms with Gasteiger partial charge in [0.15, 0.2) is 0 Å². The summed E-state index contributed by atoms with van der Waals surface area (Å²) in [6.45, 7) is 1.75. The van der Waals surface area contributed by atoms with Crippen molar-refractivity contribution in [1.82, 2.24) is 0 Å². The Morgan fingerprint density at radius 1 is 1.36 bits per heavy atom. The normalized spacial score (nSPS) is 9.86. The van der Waals surface area contributed by atoms with Gasteiger partial charge < -0.3 is 5.32 Å². The van der Waals surface area contributed by atoms with Crippen molar-refractivity contribution in [2.75, 3.05) is 5.32 Å². The lowest BCUT2D eigenvalue weighted by molar-refractivity contribution is -0.385. The average molecular weight is 406 g/mol. The van der Waals surface area contributed by atoms with Gasteiger partial charge in [-0.1, -0.05) is 12.0 Å². The Morgan fingerprint density at radius 2 is 2.09 bits per heavy atom. The van der Waals surface area contributed by atoms with Crippen LogP contribution in [0.2, 0.25) is 0 Å². The number of anilines is 1. The summed E-state index contributed by atoms with van der Waals surface area (Å²) in [5, 5.41) is 13.6. The number of rotatable bonds is 3. The van der Waals surface area contributed by atoms with Crippen LogP contribution in [0.1, 0.15) is 21.5 Å². The lowest BCUT2D eigenvalue weighted by atomic mass is 10.1. The van der Waals surface area contributed by atoms with Crippen LogP contribution in [0.4, 0.5) is 11.4 Å². The molecule has 2 rings (SSSR count). The molecule has 0 aliphatic rings. The van der Waals surface area contributed by atoms with Crippen molar-refractivity contribution in [3.8, 4) is 12.3 Å². The molecular weight excluding hydrogens is 395 g/mol. The molecule has 2 aromatic rings. The number of hydrogen-bond donors (Lipinski definition) is 1. The maximum absolute atomic E-state index is 12.4. The summed E-state index contributed by atoms with van der Waals surface area (Å²) in [6, 6.07) is 9.56. The van der Waals surface area contributed by atoms with Crippen molar-refractivity contribution in [3.63, 3.8) is 0 Å². The standard InChI is InChI=1S/C16H11IN2O3/c1-3-11-5-4-6-12(7-11)18-16(20)14-8-13(19(21)22)9-15(17)10(14)2/h1,4-9H,2H3,(H,18,20). The van der Waals surface area contributed by atoms with Crippen LogP contribution in [0.25, 0.3) is 0 Å². The van der Waals surface area contributed by atoms with Crippen LogP contribution in [-0.4, -0.2) is 10.8 Å². The topological polar surface area (TPSA) is 72.2 Å². The van der Waals surface area contributed by atoms with E-state index < -0.39 is 10.8 Å². The minimum Gasteiger partial charge on any atom is -0.322 e. The molecule has 0 fully saturated rings. The van der Waals surface area contributed by atoms with E-state index in [9.17, 15) is 14.9 Å².